The highest BCUT2D eigenvalue weighted by Crippen LogP contribution is 2.13. The van der Waals surface area contributed by atoms with Crippen molar-refractivity contribution < 1.29 is 39.6 Å². The lowest BCUT2D eigenvalue weighted by atomic mass is 10.0. The van der Waals surface area contributed by atoms with Gasteiger partial charge in [-0.15, -0.1) is 0 Å². The summed E-state index contributed by atoms with van der Waals surface area (Å²) in [6.07, 6.45) is -5.33. The van der Waals surface area contributed by atoms with E-state index in [2.05, 4.69) is 0 Å². The molecule has 0 saturated heterocycles. The average molecular weight is 408 g/mol. The van der Waals surface area contributed by atoms with Crippen molar-refractivity contribution >= 4 is 35.7 Å². The van der Waals surface area contributed by atoms with Gasteiger partial charge < -0.3 is 31.9 Å². The molecule has 156 valence electrons. The largest absolute Gasteiger partial charge is 0.465 e. The Bertz CT molecular complexity index is 729. The summed E-state index contributed by atoms with van der Waals surface area (Å²) >= 11 is 0. The highest BCUT2D eigenvalue weighted by Gasteiger charge is 1.98. The second-order valence-electron chi connectivity index (χ2n) is 5.13. The SMILES string of the molecule is Nc1ccc(Cc2ccc(N)cc2)cc1.O=C(O)NC(=O)O.O=C(O)NC(=O)O. The van der Waals surface area contributed by atoms with Crippen LogP contribution in [0.2, 0.25) is 0 Å². The second kappa shape index (κ2) is 12.8. The number of nitrogens with two attached hydrogens (primary N) is 2. The van der Waals surface area contributed by atoms with Gasteiger partial charge in [0.15, 0.2) is 0 Å². The highest BCUT2D eigenvalue weighted by atomic mass is 16.4. The van der Waals surface area contributed by atoms with Crippen LogP contribution in [0.25, 0.3) is 0 Å². The lowest BCUT2D eigenvalue weighted by Crippen LogP contribution is -2.26. The fraction of sp³-hybridized carbons (Fsp3) is 0.0588. The topological polar surface area (TPSA) is 225 Å². The van der Waals surface area contributed by atoms with Crippen molar-refractivity contribution in [2.24, 2.45) is 0 Å². The molecule has 0 bridgehead atoms. The van der Waals surface area contributed by atoms with Gasteiger partial charge in [0.1, 0.15) is 0 Å². The Hall–Kier alpha value is -4.48. The van der Waals surface area contributed by atoms with E-state index >= 15 is 0 Å². The summed E-state index contributed by atoms with van der Waals surface area (Å²) in [7, 11) is 0. The summed E-state index contributed by atoms with van der Waals surface area (Å²) in [5.74, 6) is 0. The molecule has 0 aromatic heterocycles. The number of hydrogen-bond donors (Lipinski definition) is 8. The lowest BCUT2D eigenvalue weighted by Gasteiger charge is -2.02. The molecule has 0 unspecified atom stereocenters. The Balaban J connectivity index is 0.000000473. The molecule has 12 heteroatoms. The summed E-state index contributed by atoms with van der Waals surface area (Å²) in [5, 5.41) is 32.6. The fourth-order valence-corrected chi connectivity index (χ4v) is 1.69. The Morgan fingerprint density at radius 1 is 0.586 bits per heavy atom. The first kappa shape index (κ1) is 24.5. The van der Waals surface area contributed by atoms with Crippen molar-refractivity contribution in [2.45, 2.75) is 6.42 Å². The van der Waals surface area contributed by atoms with Crippen LogP contribution in [0.1, 0.15) is 11.1 Å². The Morgan fingerprint density at radius 2 is 0.828 bits per heavy atom. The molecular weight excluding hydrogens is 388 g/mol. The number of benzene rings is 2. The molecule has 0 aliphatic carbocycles. The van der Waals surface area contributed by atoms with Crippen molar-refractivity contribution in [1.82, 2.24) is 10.6 Å². The highest BCUT2D eigenvalue weighted by molar-refractivity contribution is 5.85. The van der Waals surface area contributed by atoms with Gasteiger partial charge >= 0.3 is 24.4 Å². The standard InChI is InChI=1S/C13H14N2.2C2H3NO4/c14-12-5-1-10(2-6-12)9-11-3-7-13(15)8-4-11;2*4-1(5)3-2(6)7/h1-8H,9,14-15H2;2*3H,(H,4,5)(H,6,7). The summed E-state index contributed by atoms with van der Waals surface area (Å²) in [5.41, 5.74) is 15.4. The predicted molar refractivity (Wildman–Crippen MR) is 103 cm³/mol. The minimum atomic E-state index is -1.56. The number of nitrogens with one attached hydrogen (secondary N) is 2. The zero-order valence-corrected chi connectivity index (χ0v) is 14.9. The third-order valence-corrected chi connectivity index (χ3v) is 2.80. The van der Waals surface area contributed by atoms with Gasteiger partial charge in [-0.3, -0.25) is 0 Å². The monoisotopic (exact) mass is 408 g/mol. The molecule has 12 nitrogen and oxygen atoms in total. The number of anilines is 2. The fourth-order valence-electron chi connectivity index (χ4n) is 1.69. The number of carbonyl (C=O) groups is 4. The van der Waals surface area contributed by atoms with E-state index in [-0.39, 0.29) is 0 Å². The van der Waals surface area contributed by atoms with Crippen LogP contribution in [0.15, 0.2) is 48.5 Å². The molecular formula is C17H20N4O8. The molecule has 0 atom stereocenters. The maximum Gasteiger partial charge on any atom is 0.414 e. The molecule has 0 saturated carbocycles. The van der Waals surface area contributed by atoms with E-state index in [9.17, 15) is 19.2 Å². The smallest absolute Gasteiger partial charge is 0.414 e. The van der Waals surface area contributed by atoms with Crippen LogP contribution >= 0.6 is 0 Å². The zero-order chi connectivity index (χ0) is 22.4. The van der Waals surface area contributed by atoms with E-state index in [4.69, 9.17) is 31.9 Å². The number of amides is 4. The molecule has 2 aromatic rings. The maximum absolute atomic E-state index is 9.32. The first-order valence-electron chi connectivity index (χ1n) is 7.64. The molecule has 0 radical (unpaired) electrons. The van der Waals surface area contributed by atoms with Gasteiger partial charge in [-0.2, -0.15) is 0 Å². The van der Waals surface area contributed by atoms with Gasteiger partial charge in [0, 0.05) is 11.4 Å². The van der Waals surface area contributed by atoms with Gasteiger partial charge in [0.05, 0.1) is 0 Å². The van der Waals surface area contributed by atoms with Crippen molar-refractivity contribution in [3.8, 4) is 0 Å². The van der Waals surface area contributed by atoms with E-state index in [1.54, 1.807) is 0 Å². The number of nitrogen functional groups attached to an aromatic ring is 2. The first-order valence-corrected chi connectivity index (χ1v) is 7.64. The van der Waals surface area contributed by atoms with Crippen LogP contribution in [-0.2, 0) is 6.42 Å². The minimum absolute atomic E-state index is 0.802. The Labute approximate surface area is 164 Å². The van der Waals surface area contributed by atoms with Gasteiger partial charge in [-0.25, -0.2) is 29.8 Å². The summed E-state index contributed by atoms with van der Waals surface area (Å²) in [6.45, 7) is 0. The molecule has 4 amide bonds. The second-order valence-corrected chi connectivity index (χ2v) is 5.13. The summed E-state index contributed by atoms with van der Waals surface area (Å²) in [4.78, 5) is 37.3. The molecule has 0 aliphatic rings. The third kappa shape index (κ3) is 14.4. The molecule has 0 aliphatic heterocycles. The molecule has 2 aromatic carbocycles. The van der Waals surface area contributed by atoms with E-state index in [1.165, 1.54) is 11.1 Å². The Kier molecular flexibility index (Phi) is 10.8. The number of hydrogen-bond acceptors (Lipinski definition) is 6. The molecule has 0 spiro atoms. The zero-order valence-electron chi connectivity index (χ0n) is 14.9. The van der Waals surface area contributed by atoms with Crippen LogP contribution in [0.4, 0.5) is 30.6 Å². The quantitative estimate of drug-likeness (QED) is 0.338. The molecule has 0 fully saturated rings. The summed E-state index contributed by atoms with van der Waals surface area (Å²) < 4.78 is 0. The van der Waals surface area contributed by atoms with Gasteiger partial charge in [-0.1, -0.05) is 24.3 Å². The van der Waals surface area contributed by atoms with Gasteiger partial charge in [0.25, 0.3) is 0 Å². The lowest BCUT2D eigenvalue weighted by molar-refractivity contribution is 0.172. The Morgan fingerprint density at radius 3 is 1.00 bits per heavy atom. The van der Waals surface area contributed by atoms with Crippen molar-refractivity contribution in [3.63, 3.8) is 0 Å². The van der Waals surface area contributed by atoms with Crippen molar-refractivity contribution in [3.05, 3.63) is 59.7 Å². The molecule has 29 heavy (non-hydrogen) atoms. The van der Waals surface area contributed by atoms with Crippen LogP contribution in [0.5, 0.6) is 0 Å². The predicted octanol–water partition coefficient (Wildman–Crippen LogP) is 2.31. The maximum atomic E-state index is 9.32. The van der Waals surface area contributed by atoms with E-state index in [0.717, 1.165) is 28.4 Å². The van der Waals surface area contributed by atoms with Crippen LogP contribution in [0.3, 0.4) is 0 Å². The van der Waals surface area contributed by atoms with E-state index in [1.807, 2.05) is 48.5 Å². The van der Waals surface area contributed by atoms with Gasteiger partial charge in [0.2, 0.25) is 0 Å². The van der Waals surface area contributed by atoms with Crippen LogP contribution in [-0.4, -0.2) is 44.8 Å². The first-order chi connectivity index (χ1) is 13.5. The van der Waals surface area contributed by atoms with E-state index < -0.39 is 24.4 Å². The average Bonchev–Trinajstić information content (AvgIpc) is 2.57. The van der Waals surface area contributed by atoms with Crippen molar-refractivity contribution in [2.75, 3.05) is 11.5 Å². The number of carboxylic acid groups (broad SMARTS) is 4. The normalized spacial score (nSPS) is 8.83. The van der Waals surface area contributed by atoms with E-state index in [0.29, 0.717) is 0 Å². The number of rotatable bonds is 2. The third-order valence-electron chi connectivity index (χ3n) is 2.80. The van der Waals surface area contributed by atoms with Crippen molar-refractivity contribution in [1.29, 1.82) is 0 Å². The molecule has 0 heterocycles. The summed E-state index contributed by atoms with van der Waals surface area (Å²) in [6, 6.07) is 15.9. The van der Waals surface area contributed by atoms with Gasteiger partial charge in [-0.05, 0) is 41.8 Å². The molecule has 10 N–H and O–H groups in total. The number of imide groups is 2. The van der Waals surface area contributed by atoms with Crippen LogP contribution < -0.4 is 22.1 Å². The minimum Gasteiger partial charge on any atom is -0.465 e. The molecule has 2 rings (SSSR count). The van der Waals surface area contributed by atoms with Crippen LogP contribution in [0, 0.1) is 0 Å².